The summed E-state index contributed by atoms with van der Waals surface area (Å²) in [4.78, 5) is 7.74. The molecule has 1 fully saturated rings. The monoisotopic (exact) mass is 266 g/mol. The molecule has 0 aliphatic carbocycles. The Morgan fingerprint density at radius 1 is 1.39 bits per heavy atom. The van der Waals surface area contributed by atoms with Gasteiger partial charge in [0.05, 0.1) is 17.0 Å². The van der Waals surface area contributed by atoms with Crippen LogP contribution in [0.3, 0.4) is 0 Å². The van der Waals surface area contributed by atoms with E-state index >= 15 is 0 Å². The van der Waals surface area contributed by atoms with E-state index in [2.05, 4.69) is 15.0 Å². The van der Waals surface area contributed by atoms with Gasteiger partial charge in [-0.2, -0.15) is 5.10 Å². The van der Waals surface area contributed by atoms with Crippen molar-refractivity contribution in [2.24, 2.45) is 0 Å². The highest BCUT2D eigenvalue weighted by Gasteiger charge is 2.39. The van der Waals surface area contributed by atoms with Crippen molar-refractivity contribution in [3.63, 3.8) is 0 Å². The summed E-state index contributed by atoms with van der Waals surface area (Å²) >= 11 is 1.62. The molecule has 1 saturated heterocycles. The Labute approximate surface area is 110 Å². The molecule has 3 rings (SSSR count). The molecule has 0 unspecified atom stereocenters. The van der Waals surface area contributed by atoms with Gasteiger partial charge in [0.15, 0.2) is 0 Å². The minimum Gasteiger partial charge on any atom is -0.387 e. The number of likely N-dealkylation sites (tertiary alicyclic amines) is 1. The van der Waals surface area contributed by atoms with Crippen LogP contribution in [0.2, 0.25) is 0 Å². The van der Waals surface area contributed by atoms with Crippen molar-refractivity contribution in [3.05, 3.63) is 16.4 Å². The fraction of sp³-hybridized carbons (Fsp3) is 0.667. The summed E-state index contributed by atoms with van der Waals surface area (Å²) < 4.78 is 1.94. The van der Waals surface area contributed by atoms with E-state index in [0.29, 0.717) is 0 Å². The average molecular weight is 266 g/mol. The molecule has 6 heteroatoms. The number of fused-ring (bicyclic) bond motifs is 1. The molecule has 2 aromatic heterocycles. The summed E-state index contributed by atoms with van der Waals surface area (Å²) in [5, 5.41) is 15.5. The lowest BCUT2D eigenvalue weighted by molar-refractivity contribution is -0.104. The lowest BCUT2D eigenvalue weighted by Crippen LogP contribution is -2.60. The Morgan fingerprint density at radius 3 is 2.78 bits per heavy atom. The van der Waals surface area contributed by atoms with Crippen molar-refractivity contribution >= 4 is 16.3 Å². The Bertz CT molecular complexity index is 582. The molecule has 18 heavy (non-hydrogen) atoms. The van der Waals surface area contributed by atoms with Gasteiger partial charge in [-0.05, 0) is 20.3 Å². The predicted molar refractivity (Wildman–Crippen MR) is 70.9 cm³/mol. The number of nitrogens with zero attached hydrogens (tertiary/aromatic N) is 4. The zero-order valence-electron chi connectivity index (χ0n) is 11.0. The number of imidazole rings is 1. The van der Waals surface area contributed by atoms with Crippen LogP contribution in [-0.4, -0.2) is 43.3 Å². The maximum absolute atomic E-state index is 10.0. The van der Waals surface area contributed by atoms with Gasteiger partial charge in [0, 0.05) is 19.6 Å². The topological polar surface area (TPSA) is 53.7 Å². The van der Waals surface area contributed by atoms with Gasteiger partial charge in [-0.1, -0.05) is 18.3 Å². The first kappa shape index (κ1) is 12.1. The van der Waals surface area contributed by atoms with Gasteiger partial charge in [0.1, 0.15) is 5.01 Å². The minimum atomic E-state index is -0.476. The minimum absolute atomic E-state index is 0.476. The van der Waals surface area contributed by atoms with Crippen molar-refractivity contribution < 1.29 is 5.11 Å². The van der Waals surface area contributed by atoms with E-state index in [-0.39, 0.29) is 0 Å². The van der Waals surface area contributed by atoms with Gasteiger partial charge in [0.25, 0.3) is 0 Å². The van der Waals surface area contributed by atoms with Gasteiger partial charge >= 0.3 is 0 Å². The van der Waals surface area contributed by atoms with Gasteiger partial charge in [-0.15, -0.1) is 0 Å². The summed E-state index contributed by atoms with van der Waals surface area (Å²) in [7, 11) is 0. The van der Waals surface area contributed by atoms with E-state index in [1.165, 1.54) is 0 Å². The molecule has 1 aliphatic rings. The van der Waals surface area contributed by atoms with Crippen LogP contribution < -0.4 is 0 Å². The van der Waals surface area contributed by atoms with E-state index in [9.17, 15) is 5.11 Å². The van der Waals surface area contributed by atoms with Crippen LogP contribution in [0.15, 0.2) is 0 Å². The summed E-state index contributed by atoms with van der Waals surface area (Å²) in [5.74, 6) is 0. The molecule has 2 aromatic rings. The highest BCUT2D eigenvalue weighted by Crippen LogP contribution is 2.27. The molecule has 0 spiro atoms. The summed E-state index contributed by atoms with van der Waals surface area (Å²) in [6.45, 7) is 8.37. The quantitative estimate of drug-likeness (QED) is 0.911. The fourth-order valence-electron chi connectivity index (χ4n) is 2.50. The van der Waals surface area contributed by atoms with Crippen LogP contribution in [0.5, 0.6) is 0 Å². The molecule has 0 amide bonds. The zero-order valence-corrected chi connectivity index (χ0v) is 11.8. The molecule has 0 bridgehead atoms. The Morgan fingerprint density at radius 2 is 2.11 bits per heavy atom. The first-order valence-corrected chi connectivity index (χ1v) is 7.09. The Hall–Kier alpha value is -0.980. The van der Waals surface area contributed by atoms with Crippen molar-refractivity contribution in [2.45, 2.75) is 39.3 Å². The molecule has 98 valence electrons. The van der Waals surface area contributed by atoms with E-state index in [1.807, 2.05) is 25.3 Å². The van der Waals surface area contributed by atoms with Crippen LogP contribution in [0.25, 0.3) is 4.96 Å². The maximum Gasteiger partial charge on any atom is 0.212 e. The van der Waals surface area contributed by atoms with Gasteiger partial charge in [-0.3, -0.25) is 4.90 Å². The van der Waals surface area contributed by atoms with Crippen molar-refractivity contribution in [3.8, 4) is 0 Å². The Balaban J connectivity index is 1.81. The van der Waals surface area contributed by atoms with Crippen molar-refractivity contribution in [1.82, 2.24) is 19.5 Å². The van der Waals surface area contributed by atoms with Crippen LogP contribution in [0, 0.1) is 13.8 Å². The van der Waals surface area contributed by atoms with Crippen LogP contribution in [0.1, 0.15) is 29.7 Å². The molecule has 1 aliphatic heterocycles. The second-order valence-corrected chi connectivity index (χ2v) is 6.34. The normalized spacial score (nSPS) is 19.3. The lowest BCUT2D eigenvalue weighted by atomic mass is 9.91. The molecule has 1 N–H and O–H groups in total. The van der Waals surface area contributed by atoms with Crippen LogP contribution >= 0.6 is 11.3 Å². The molecule has 0 aromatic carbocycles. The SMILES string of the molecule is CCC1(O)CN(Cc2c(C)nc3sc(C)nn23)C1. The van der Waals surface area contributed by atoms with Crippen molar-refractivity contribution in [2.75, 3.05) is 13.1 Å². The number of aryl methyl sites for hydroxylation is 2. The fourth-order valence-corrected chi connectivity index (χ4v) is 3.31. The first-order valence-electron chi connectivity index (χ1n) is 6.27. The standard InChI is InChI=1S/C12H18N4OS/c1-4-12(17)6-15(7-12)5-10-8(2)13-11-16(10)14-9(3)18-11/h17H,4-7H2,1-3H3. The van der Waals surface area contributed by atoms with Crippen LogP contribution in [-0.2, 0) is 6.54 Å². The maximum atomic E-state index is 10.0. The third-order valence-corrected chi connectivity index (χ3v) is 4.49. The summed E-state index contributed by atoms with van der Waals surface area (Å²) in [6, 6.07) is 0. The van der Waals surface area contributed by atoms with Gasteiger partial charge in [0.2, 0.25) is 4.96 Å². The number of β-amino-alcohol motifs (C(OH)–C–C–N with tert-alkyl or cyclic N) is 1. The molecule has 0 atom stereocenters. The van der Waals surface area contributed by atoms with E-state index in [0.717, 1.165) is 47.4 Å². The average Bonchev–Trinajstić information content (AvgIpc) is 2.74. The van der Waals surface area contributed by atoms with E-state index < -0.39 is 5.60 Å². The van der Waals surface area contributed by atoms with Gasteiger partial charge in [-0.25, -0.2) is 9.50 Å². The summed E-state index contributed by atoms with van der Waals surface area (Å²) in [6.07, 6.45) is 0.820. The smallest absolute Gasteiger partial charge is 0.212 e. The number of rotatable bonds is 3. The summed E-state index contributed by atoms with van der Waals surface area (Å²) in [5.41, 5.74) is 1.71. The van der Waals surface area contributed by atoms with Crippen molar-refractivity contribution in [1.29, 1.82) is 0 Å². The second-order valence-electron chi connectivity index (χ2n) is 5.18. The number of aliphatic hydroxyl groups is 1. The largest absolute Gasteiger partial charge is 0.387 e. The van der Waals surface area contributed by atoms with Crippen LogP contribution in [0.4, 0.5) is 0 Å². The molecular weight excluding hydrogens is 248 g/mol. The molecular formula is C12H18N4OS. The number of aromatic nitrogens is 3. The molecule has 5 nitrogen and oxygen atoms in total. The van der Waals surface area contributed by atoms with E-state index in [4.69, 9.17) is 0 Å². The second kappa shape index (κ2) is 4.01. The number of hydrogen-bond acceptors (Lipinski definition) is 5. The Kier molecular flexibility index (Phi) is 2.69. The third-order valence-electron chi connectivity index (χ3n) is 3.66. The molecule has 3 heterocycles. The zero-order chi connectivity index (χ0) is 12.9. The molecule has 0 saturated carbocycles. The number of hydrogen-bond donors (Lipinski definition) is 1. The predicted octanol–water partition coefficient (Wildman–Crippen LogP) is 1.36. The lowest BCUT2D eigenvalue weighted by Gasteiger charge is -2.46. The molecule has 0 radical (unpaired) electrons. The first-order chi connectivity index (χ1) is 8.50. The highest BCUT2D eigenvalue weighted by atomic mass is 32.1. The third kappa shape index (κ3) is 1.84. The van der Waals surface area contributed by atoms with E-state index in [1.54, 1.807) is 11.3 Å². The van der Waals surface area contributed by atoms with Gasteiger partial charge < -0.3 is 5.11 Å². The highest BCUT2D eigenvalue weighted by molar-refractivity contribution is 7.16.